The van der Waals surface area contributed by atoms with Gasteiger partial charge in [-0.05, 0) is 50.0 Å². The molecule has 1 unspecified atom stereocenters. The summed E-state index contributed by atoms with van der Waals surface area (Å²) in [4.78, 5) is 2.54. The maximum atomic E-state index is 4.23. The van der Waals surface area contributed by atoms with Gasteiger partial charge in [0.15, 0.2) is 0 Å². The lowest BCUT2D eigenvalue weighted by Gasteiger charge is -2.33. The molecule has 0 bridgehead atoms. The Bertz CT molecular complexity index is 370. The van der Waals surface area contributed by atoms with E-state index in [0.29, 0.717) is 0 Å². The Morgan fingerprint density at radius 1 is 1.39 bits per heavy atom. The largest absolute Gasteiger partial charge is 0.319 e. The molecule has 1 heterocycles. The van der Waals surface area contributed by atoms with E-state index in [-0.39, 0.29) is 0 Å². The number of likely N-dealkylation sites (tertiary alicyclic amines) is 1. The lowest BCUT2D eigenvalue weighted by atomic mass is 9.97. The maximum Gasteiger partial charge on any atom is 0.0233 e. The van der Waals surface area contributed by atoms with Crippen LogP contribution in [0.25, 0.3) is 5.57 Å². The van der Waals surface area contributed by atoms with Crippen LogP contribution in [0.15, 0.2) is 36.9 Å². The zero-order valence-electron chi connectivity index (χ0n) is 11.4. The molecule has 1 aromatic carbocycles. The molecule has 0 aliphatic carbocycles. The molecule has 0 amide bonds. The van der Waals surface area contributed by atoms with Crippen molar-refractivity contribution in [2.24, 2.45) is 5.92 Å². The van der Waals surface area contributed by atoms with E-state index in [0.717, 1.165) is 19.0 Å². The summed E-state index contributed by atoms with van der Waals surface area (Å²) >= 11 is 0. The Morgan fingerprint density at radius 3 is 2.89 bits per heavy atom. The predicted molar refractivity (Wildman–Crippen MR) is 78.6 cm³/mol. The molecule has 2 rings (SSSR count). The number of nitrogens with one attached hydrogen (secondary N) is 1. The van der Waals surface area contributed by atoms with E-state index >= 15 is 0 Å². The summed E-state index contributed by atoms with van der Waals surface area (Å²) in [5.74, 6) is 0.798. The molecule has 1 aromatic rings. The zero-order chi connectivity index (χ0) is 12.8. The van der Waals surface area contributed by atoms with Crippen LogP contribution in [-0.2, 0) is 0 Å². The van der Waals surface area contributed by atoms with Gasteiger partial charge >= 0.3 is 0 Å². The van der Waals surface area contributed by atoms with Gasteiger partial charge in [0.05, 0.1) is 0 Å². The Labute approximate surface area is 111 Å². The summed E-state index contributed by atoms with van der Waals surface area (Å²) in [6, 6.07) is 10.5. The van der Waals surface area contributed by atoms with Crippen LogP contribution >= 0.6 is 0 Å². The van der Waals surface area contributed by atoms with Gasteiger partial charge in [-0.25, -0.2) is 0 Å². The average molecular weight is 244 g/mol. The van der Waals surface area contributed by atoms with Crippen LogP contribution in [0, 0.1) is 5.92 Å². The van der Waals surface area contributed by atoms with Crippen LogP contribution in [0.2, 0.25) is 0 Å². The summed E-state index contributed by atoms with van der Waals surface area (Å²) < 4.78 is 0. The van der Waals surface area contributed by atoms with E-state index in [2.05, 4.69) is 47.1 Å². The molecule has 2 nitrogen and oxygen atoms in total. The second-order valence-corrected chi connectivity index (χ2v) is 5.27. The Kier molecular flexibility index (Phi) is 4.97. The van der Waals surface area contributed by atoms with Crippen molar-refractivity contribution in [2.45, 2.75) is 12.8 Å². The van der Waals surface area contributed by atoms with Gasteiger partial charge in [-0.3, -0.25) is 4.90 Å². The molecule has 0 radical (unpaired) electrons. The molecule has 98 valence electrons. The highest BCUT2D eigenvalue weighted by molar-refractivity contribution is 5.64. The van der Waals surface area contributed by atoms with Crippen molar-refractivity contribution in [1.29, 1.82) is 0 Å². The van der Waals surface area contributed by atoms with E-state index in [9.17, 15) is 0 Å². The fourth-order valence-electron chi connectivity index (χ4n) is 2.79. The third-order valence-electron chi connectivity index (χ3n) is 3.69. The molecule has 0 aromatic heterocycles. The van der Waals surface area contributed by atoms with Crippen LogP contribution in [0.4, 0.5) is 0 Å². The van der Waals surface area contributed by atoms with Crippen LogP contribution in [-0.4, -0.2) is 38.1 Å². The second-order valence-electron chi connectivity index (χ2n) is 5.27. The third kappa shape index (κ3) is 3.69. The first-order chi connectivity index (χ1) is 8.79. The first-order valence-electron chi connectivity index (χ1n) is 6.89. The highest BCUT2D eigenvalue weighted by Gasteiger charge is 2.19. The van der Waals surface area contributed by atoms with Crippen molar-refractivity contribution in [2.75, 3.05) is 33.2 Å². The SMILES string of the molecule is C=C(CN1CCCC(CNC)C1)c1ccccc1. The van der Waals surface area contributed by atoms with E-state index in [1.165, 1.54) is 37.1 Å². The van der Waals surface area contributed by atoms with Gasteiger partial charge < -0.3 is 5.32 Å². The summed E-state index contributed by atoms with van der Waals surface area (Å²) in [5.41, 5.74) is 2.51. The van der Waals surface area contributed by atoms with Crippen molar-refractivity contribution in [1.82, 2.24) is 10.2 Å². The van der Waals surface area contributed by atoms with Crippen molar-refractivity contribution >= 4 is 5.57 Å². The first-order valence-corrected chi connectivity index (χ1v) is 6.89. The minimum atomic E-state index is 0.798. The normalized spacial score (nSPS) is 20.8. The Hall–Kier alpha value is -1.12. The first kappa shape index (κ1) is 13.3. The number of nitrogens with zero attached hydrogens (tertiary/aromatic N) is 1. The fourth-order valence-corrected chi connectivity index (χ4v) is 2.79. The monoisotopic (exact) mass is 244 g/mol. The molecular weight excluding hydrogens is 220 g/mol. The number of rotatable bonds is 5. The molecule has 0 saturated carbocycles. The molecule has 18 heavy (non-hydrogen) atoms. The van der Waals surface area contributed by atoms with E-state index in [4.69, 9.17) is 0 Å². The average Bonchev–Trinajstić information content (AvgIpc) is 2.40. The second kappa shape index (κ2) is 6.72. The molecule has 1 aliphatic heterocycles. The number of hydrogen-bond donors (Lipinski definition) is 1. The quantitative estimate of drug-likeness (QED) is 0.856. The number of piperidine rings is 1. The maximum absolute atomic E-state index is 4.23. The van der Waals surface area contributed by atoms with Crippen LogP contribution in [0.5, 0.6) is 0 Å². The van der Waals surface area contributed by atoms with Crippen molar-refractivity contribution < 1.29 is 0 Å². The van der Waals surface area contributed by atoms with Gasteiger partial charge in [0.1, 0.15) is 0 Å². The zero-order valence-corrected chi connectivity index (χ0v) is 11.4. The minimum absolute atomic E-state index is 0.798. The van der Waals surface area contributed by atoms with Crippen LogP contribution < -0.4 is 5.32 Å². The number of benzene rings is 1. The van der Waals surface area contributed by atoms with Crippen molar-refractivity contribution in [3.05, 3.63) is 42.5 Å². The summed E-state index contributed by atoms with van der Waals surface area (Å²) in [6.07, 6.45) is 2.67. The Morgan fingerprint density at radius 2 is 2.17 bits per heavy atom. The summed E-state index contributed by atoms with van der Waals surface area (Å²) in [7, 11) is 2.04. The number of hydrogen-bond acceptors (Lipinski definition) is 2. The van der Waals surface area contributed by atoms with E-state index in [1.807, 2.05) is 7.05 Å². The third-order valence-corrected chi connectivity index (χ3v) is 3.69. The standard InChI is InChI=1S/C16H24N2/c1-14(16-8-4-3-5-9-16)12-18-10-6-7-15(13-18)11-17-2/h3-5,8-9,15,17H,1,6-7,10-13H2,2H3. The van der Waals surface area contributed by atoms with E-state index < -0.39 is 0 Å². The smallest absolute Gasteiger partial charge is 0.0233 e. The van der Waals surface area contributed by atoms with Gasteiger partial charge in [0.25, 0.3) is 0 Å². The highest BCUT2D eigenvalue weighted by Crippen LogP contribution is 2.19. The molecule has 1 saturated heterocycles. The lowest BCUT2D eigenvalue weighted by molar-refractivity contribution is 0.192. The van der Waals surface area contributed by atoms with Gasteiger partial charge in [-0.15, -0.1) is 0 Å². The lowest BCUT2D eigenvalue weighted by Crippen LogP contribution is -2.39. The van der Waals surface area contributed by atoms with Gasteiger partial charge in [0.2, 0.25) is 0 Å². The van der Waals surface area contributed by atoms with E-state index in [1.54, 1.807) is 0 Å². The van der Waals surface area contributed by atoms with Gasteiger partial charge in [-0.1, -0.05) is 36.9 Å². The molecule has 1 aliphatic rings. The predicted octanol–water partition coefficient (Wildman–Crippen LogP) is 2.63. The minimum Gasteiger partial charge on any atom is -0.319 e. The van der Waals surface area contributed by atoms with Crippen LogP contribution in [0.1, 0.15) is 18.4 Å². The molecule has 2 heteroatoms. The van der Waals surface area contributed by atoms with Gasteiger partial charge in [0, 0.05) is 13.1 Å². The van der Waals surface area contributed by atoms with Crippen LogP contribution in [0.3, 0.4) is 0 Å². The fraction of sp³-hybridized carbons (Fsp3) is 0.500. The summed E-state index contributed by atoms with van der Waals surface area (Å²) in [6.45, 7) is 8.79. The summed E-state index contributed by atoms with van der Waals surface area (Å²) in [5, 5.41) is 3.29. The topological polar surface area (TPSA) is 15.3 Å². The van der Waals surface area contributed by atoms with Crippen molar-refractivity contribution in [3.63, 3.8) is 0 Å². The molecule has 1 fully saturated rings. The molecular formula is C16H24N2. The molecule has 1 N–H and O–H groups in total. The Balaban J connectivity index is 1.87. The molecule has 1 atom stereocenters. The van der Waals surface area contributed by atoms with Gasteiger partial charge in [-0.2, -0.15) is 0 Å². The molecule has 0 spiro atoms. The van der Waals surface area contributed by atoms with Crippen molar-refractivity contribution in [3.8, 4) is 0 Å². The highest BCUT2D eigenvalue weighted by atomic mass is 15.1.